The number of amides is 2. The van der Waals surface area contributed by atoms with Gasteiger partial charge in [0.2, 0.25) is 0 Å². The van der Waals surface area contributed by atoms with Crippen molar-refractivity contribution in [3.05, 3.63) is 30.3 Å². The van der Waals surface area contributed by atoms with E-state index >= 15 is 0 Å². The predicted octanol–water partition coefficient (Wildman–Crippen LogP) is 2.20. The molecule has 0 spiro atoms. The summed E-state index contributed by atoms with van der Waals surface area (Å²) in [5.74, 6) is 0. The van der Waals surface area contributed by atoms with Crippen LogP contribution in [0, 0.1) is 5.41 Å². The fourth-order valence-corrected chi connectivity index (χ4v) is 2.43. The second-order valence-electron chi connectivity index (χ2n) is 5.06. The van der Waals surface area contributed by atoms with Gasteiger partial charge in [-0.15, -0.1) is 0 Å². The summed E-state index contributed by atoms with van der Waals surface area (Å²) in [6, 6.07) is 9.38. The Morgan fingerprint density at radius 3 is 2.50 bits per heavy atom. The molecule has 1 fully saturated rings. The summed E-state index contributed by atoms with van der Waals surface area (Å²) >= 11 is 0. The van der Waals surface area contributed by atoms with Crippen molar-refractivity contribution in [3.8, 4) is 0 Å². The average Bonchev–Trinajstić information content (AvgIpc) is 2.34. The molecule has 0 atom stereocenters. The van der Waals surface area contributed by atoms with Crippen LogP contribution in [0.5, 0.6) is 0 Å². The number of hydrogen-bond acceptors (Lipinski definition) is 2. The van der Waals surface area contributed by atoms with Crippen LogP contribution in [0.15, 0.2) is 30.3 Å². The zero-order chi connectivity index (χ0) is 12.8. The molecule has 0 aliphatic heterocycles. The first-order valence-electron chi connectivity index (χ1n) is 6.49. The highest BCUT2D eigenvalue weighted by Crippen LogP contribution is 2.39. The number of hydrogen-bond donors (Lipinski definition) is 3. The summed E-state index contributed by atoms with van der Waals surface area (Å²) < 4.78 is 0. The monoisotopic (exact) mass is 247 g/mol. The highest BCUT2D eigenvalue weighted by Gasteiger charge is 2.36. The van der Waals surface area contributed by atoms with Gasteiger partial charge in [-0.2, -0.15) is 0 Å². The number of anilines is 1. The van der Waals surface area contributed by atoms with Crippen LogP contribution in [0.3, 0.4) is 0 Å². The van der Waals surface area contributed by atoms with Crippen molar-refractivity contribution in [2.24, 2.45) is 5.41 Å². The lowest BCUT2D eigenvalue weighted by molar-refractivity contribution is 0.133. The van der Waals surface area contributed by atoms with Crippen LogP contribution in [-0.4, -0.2) is 26.2 Å². The molecule has 1 aromatic carbocycles. The second kappa shape index (κ2) is 5.87. The zero-order valence-electron chi connectivity index (χ0n) is 10.8. The molecule has 4 heteroatoms. The van der Waals surface area contributed by atoms with E-state index in [1.54, 1.807) is 0 Å². The number of para-hydroxylation sites is 1. The molecular weight excluding hydrogens is 226 g/mol. The van der Waals surface area contributed by atoms with E-state index in [0.29, 0.717) is 0 Å². The van der Waals surface area contributed by atoms with Gasteiger partial charge in [-0.3, -0.25) is 0 Å². The smallest absolute Gasteiger partial charge is 0.319 e. The molecule has 4 nitrogen and oxygen atoms in total. The van der Waals surface area contributed by atoms with Gasteiger partial charge < -0.3 is 16.0 Å². The van der Waals surface area contributed by atoms with Gasteiger partial charge in [0.25, 0.3) is 0 Å². The van der Waals surface area contributed by atoms with Crippen molar-refractivity contribution in [3.63, 3.8) is 0 Å². The van der Waals surface area contributed by atoms with E-state index < -0.39 is 0 Å². The highest BCUT2D eigenvalue weighted by atomic mass is 16.2. The second-order valence-corrected chi connectivity index (χ2v) is 5.06. The first kappa shape index (κ1) is 12.9. The maximum absolute atomic E-state index is 11.8. The van der Waals surface area contributed by atoms with Crippen molar-refractivity contribution in [1.29, 1.82) is 0 Å². The lowest BCUT2D eigenvalue weighted by atomic mass is 9.68. The van der Waals surface area contributed by atoms with Crippen molar-refractivity contribution < 1.29 is 4.79 Å². The molecule has 1 aliphatic carbocycles. The standard InChI is InChI=1S/C14H21N3O/c1-15-10-14(8-5-9-14)11-16-13(18)17-12-6-3-2-4-7-12/h2-4,6-7,15H,5,8-11H2,1H3,(H2,16,17,18). The Bertz CT molecular complexity index is 387. The van der Waals surface area contributed by atoms with Crippen LogP contribution in [0.2, 0.25) is 0 Å². The van der Waals surface area contributed by atoms with E-state index in [0.717, 1.165) is 18.8 Å². The Morgan fingerprint density at radius 1 is 1.22 bits per heavy atom. The Balaban J connectivity index is 1.78. The number of rotatable bonds is 5. The average molecular weight is 247 g/mol. The van der Waals surface area contributed by atoms with Gasteiger partial charge in [0.15, 0.2) is 0 Å². The Kier molecular flexibility index (Phi) is 4.20. The van der Waals surface area contributed by atoms with Crippen LogP contribution in [0.4, 0.5) is 10.5 Å². The number of nitrogens with one attached hydrogen (secondary N) is 3. The largest absolute Gasteiger partial charge is 0.337 e. The third-order valence-electron chi connectivity index (χ3n) is 3.62. The van der Waals surface area contributed by atoms with Gasteiger partial charge in [-0.25, -0.2) is 4.79 Å². The molecule has 1 saturated carbocycles. The first-order valence-corrected chi connectivity index (χ1v) is 6.49. The minimum absolute atomic E-state index is 0.122. The van der Waals surface area contributed by atoms with Gasteiger partial charge in [-0.1, -0.05) is 24.6 Å². The molecular formula is C14H21N3O. The van der Waals surface area contributed by atoms with E-state index in [1.807, 2.05) is 37.4 Å². The maximum Gasteiger partial charge on any atom is 0.319 e. The summed E-state index contributed by atoms with van der Waals surface area (Å²) in [4.78, 5) is 11.8. The molecule has 1 aliphatic rings. The molecule has 0 aromatic heterocycles. The van der Waals surface area contributed by atoms with Gasteiger partial charge >= 0.3 is 6.03 Å². The van der Waals surface area contributed by atoms with E-state index in [9.17, 15) is 4.79 Å². The summed E-state index contributed by atoms with van der Waals surface area (Å²) in [5.41, 5.74) is 1.09. The first-order chi connectivity index (χ1) is 8.74. The van der Waals surface area contributed by atoms with Gasteiger partial charge in [0.1, 0.15) is 0 Å². The molecule has 0 bridgehead atoms. The van der Waals surface area contributed by atoms with Crippen molar-refractivity contribution in [2.75, 3.05) is 25.5 Å². The van der Waals surface area contributed by atoms with Crippen LogP contribution >= 0.6 is 0 Å². The number of urea groups is 1. The number of benzene rings is 1. The van der Waals surface area contributed by atoms with E-state index in [-0.39, 0.29) is 11.4 Å². The molecule has 0 radical (unpaired) electrons. The van der Waals surface area contributed by atoms with E-state index in [4.69, 9.17) is 0 Å². The molecule has 98 valence electrons. The normalized spacial score (nSPS) is 16.7. The summed E-state index contributed by atoms with van der Waals surface area (Å²) in [5, 5.41) is 9.02. The van der Waals surface area contributed by atoms with E-state index in [1.165, 1.54) is 19.3 Å². The fourth-order valence-electron chi connectivity index (χ4n) is 2.43. The third kappa shape index (κ3) is 3.23. The van der Waals surface area contributed by atoms with Crippen molar-refractivity contribution in [2.45, 2.75) is 19.3 Å². The maximum atomic E-state index is 11.8. The quantitative estimate of drug-likeness (QED) is 0.747. The van der Waals surface area contributed by atoms with Crippen LogP contribution < -0.4 is 16.0 Å². The molecule has 2 amide bonds. The predicted molar refractivity (Wildman–Crippen MR) is 73.7 cm³/mol. The van der Waals surface area contributed by atoms with Gasteiger partial charge in [0.05, 0.1) is 0 Å². The minimum atomic E-state index is -0.122. The topological polar surface area (TPSA) is 53.2 Å². The van der Waals surface area contributed by atoms with E-state index in [2.05, 4.69) is 16.0 Å². The minimum Gasteiger partial charge on any atom is -0.337 e. The molecule has 0 saturated heterocycles. The number of carbonyl (C=O) groups excluding carboxylic acids is 1. The lowest BCUT2D eigenvalue weighted by Gasteiger charge is -2.41. The summed E-state index contributed by atoms with van der Waals surface area (Å²) in [6.45, 7) is 1.71. The Labute approximate surface area is 108 Å². The van der Waals surface area contributed by atoms with Crippen LogP contribution in [0.25, 0.3) is 0 Å². The molecule has 2 rings (SSSR count). The number of carbonyl (C=O) groups is 1. The molecule has 0 heterocycles. The molecule has 3 N–H and O–H groups in total. The van der Waals surface area contributed by atoms with Crippen LogP contribution in [-0.2, 0) is 0 Å². The Hall–Kier alpha value is -1.55. The SMILES string of the molecule is CNCC1(CNC(=O)Nc2ccccc2)CCC1. The highest BCUT2D eigenvalue weighted by molar-refractivity contribution is 5.89. The summed E-state index contributed by atoms with van der Waals surface area (Å²) in [6.07, 6.45) is 3.66. The molecule has 0 unspecified atom stereocenters. The zero-order valence-corrected chi connectivity index (χ0v) is 10.8. The fraction of sp³-hybridized carbons (Fsp3) is 0.500. The lowest BCUT2D eigenvalue weighted by Crippen LogP contribution is -2.48. The van der Waals surface area contributed by atoms with Crippen molar-refractivity contribution >= 4 is 11.7 Å². The van der Waals surface area contributed by atoms with Gasteiger partial charge in [-0.05, 0) is 32.0 Å². The van der Waals surface area contributed by atoms with Crippen LogP contribution in [0.1, 0.15) is 19.3 Å². The third-order valence-corrected chi connectivity index (χ3v) is 3.62. The Morgan fingerprint density at radius 2 is 1.94 bits per heavy atom. The molecule has 18 heavy (non-hydrogen) atoms. The van der Waals surface area contributed by atoms with Gasteiger partial charge in [0, 0.05) is 24.2 Å². The van der Waals surface area contributed by atoms with Crippen molar-refractivity contribution in [1.82, 2.24) is 10.6 Å². The summed E-state index contributed by atoms with van der Waals surface area (Å²) in [7, 11) is 1.96. The molecule has 1 aromatic rings.